The second-order valence-electron chi connectivity index (χ2n) is 7.22. The lowest BCUT2D eigenvalue weighted by atomic mass is 10.1. The summed E-state index contributed by atoms with van der Waals surface area (Å²) >= 11 is 0. The number of amides is 1. The van der Waals surface area contributed by atoms with E-state index in [9.17, 15) is 14.4 Å². The molecule has 0 unspecified atom stereocenters. The Labute approximate surface area is 240 Å². The van der Waals surface area contributed by atoms with Crippen molar-refractivity contribution in [1.29, 1.82) is 5.41 Å². The smallest absolute Gasteiger partial charge is 0.373 e. The largest absolute Gasteiger partial charge is 0.461 e. The standard InChI is InChI=1S/C11H13NO3.C9H11NO2.C7H7N.CO2.2CH4/c1-8(13)12-11-5-3-10(4-6-11)7-15-9(2)14;1-7(11)12-6-8-2-4-9(10)5-3-8;1-6-2-4-7(8)5-3-6;2-1-3;;/h3-6H,7H2,1-2H3,(H,12,13);2-5H,6,10H2,1H3;2-5,8H,1H2;;2*1H4/i2D;1D;;;1D;. The first-order valence-electron chi connectivity index (χ1n) is 13.2. The molecule has 2 aromatic rings. The van der Waals surface area contributed by atoms with Crippen molar-refractivity contribution in [3.8, 4) is 0 Å². The number of esters is 2. The fourth-order valence-electron chi connectivity index (χ4n) is 2.33. The van der Waals surface area contributed by atoms with Crippen LogP contribution in [0.4, 0.5) is 11.4 Å². The molecular formula is C30H39N3O7. The van der Waals surface area contributed by atoms with Gasteiger partial charge in [0.2, 0.25) is 5.91 Å². The first-order chi connectivity index (χ1) is 20.0. The van der Waals surface area contributed by atoms with Gasteiger partial charge in [0.1, 0.15) is 13.2 Å². The van der Waals surface area contributed by atoms with E-state index in [1.807, 2.05) is 12.2 Å². The van der Waals surface area contributed by atoms with Gasteiger partial charge in [0.05, 0.1) is 5.71 Å². The van der Waals surface area contributed by atoms with Crippen LogP contribution in [0.2, 0.25) is 0 Å². The van der Waals surface area contributed by atoms with E-state index in [0.29, 0.717) is 17.1 Å². The number of carbonyl (C=O) groups excluding carboxylic acids is 5. The number of carbonyl (C=O) groups is 3. The van der Waals surface area contributed by atoms with Crippen molar-refractivity contribution in [2.45, 2.75) is 48.8 Å². The minimum Gasteiger partial charge on any atom is -0.461 e. The summed E-state index contributed by atoms with van der Waals surface area (Å²) in [7, 11) is 1.25. The Morgan fingerprint density at radius 1 is 0.900 bits per heavy atom. The van der Waals surface area contributed by atoms with Crippen molar-refractivity contribution >= 4 is 41.1 Å². The van der Waals surface area contributed by atoms with Gasteiger partial charge in [-0.2, -0.15) is 9.59 Å². The molecule has 2 aromatic carbocycles. The molecule has 0 fully saturated rings. The Morgan fingerprint density at radius 3 is 1.65 bits per heavy atom. The van der Waals surface area contributed by atoms with Gasteiger partial charge in [0, 0.05) is 36.2 Å². The van der Waals surface area contributed by atoms with Crippen LogP contribution >= 0.6 is 0 Å². The molecule has 10 nitrogen and oxygen atoms in total. The Balaban J connectivity index is -0.000000532. The first kappa shape index (κ1) is 32.9. The van der Waals surface area contributed by atoms with Crippen molar-refractivity contribution in [3.05, 3.63) is 96.1 Å². The summed E-state index contributed by atoms with van der Waals surface area (Å²) in [4.78, 5) is 48.3. The van der Waals surface area contributed by atoms with Crippen molar-refractivity contribution in [3.63, 3.8) is 0 Å². The molecule has 0 aliphatic heterocycles. The van der Waals surface area contributed by atoms with E-state index in [2.05, 4.69) is 11.9 Å². The van der Waals surface area contributed by atoms with Crippen molar-refractivity contribution in [2.24, 2.45) is 0 Å². The van der Waals surface area contributed by atoms with Crippen LogP contribution in [0.25, 0.3) is 0 Å². The quantitative estimate of drug-likeness (QED) is 0.324. The number of rotatable bonds is 5. The molecular weight excluding hydrogens is 514 g/mol. The lowest BCUT2D eigenvalue weighted by molar-refractivity contribution is -0.191. The number of hydrogen-bond acceptors (Lipinski definition) is 9. The number of allylic oxidation sites excluding steroid dienone is 5. The molecule has 0 saturated heterocycles. The Bertz CT molecular complexity index is 1190. The summed E-state index contributed by atoms with van der Waals surface area (Å²) in [6.07, 6.45) is 7.34. The third kappa shape index (κ3) is 22.1. The summed E-state index contributed by atoms with van der Waals surface area (Å²) in [6.45, 7) is 4.76. The molecule has 1 aliphatic rings. The van der Waals surface area contributed by atoms with Crippen LogP contribution in [-0.4, -0.2) is 29.7 Å². The van der Waals surface area contributed by atoms with Gasteiger partial charge in [-0.15, -0.1) is 0 Å². The predicted molar refractivity (Wildman–Crippen MR) is 156 cm³/mol. The molecule has 40 heavy (non-hydrogen) atoms. The molecule has 0 bridgehead atoms. The van der Waals surface area contributed by atoms with E-state index in [1.54, 1.807) is 60.7 Å². The highest BCUT2D eigenvalue weighted by atomic mass is 16.5. The topological polar surface area (TPSA) is 166 Å². The number of nitrogen functional groups attached to an aromatic ring is 1. The van der Waals surface area contributed by atoms with Crippen LogP contribution in [0.15, 0.2) is 85.0 Å². The molecule has 10 heteroatoms. The van der Waals surface area contributed by atoms with Gasteiger partial charge in [-0.05, 0) is 53.1 Å². The van der Waals surface area contributed by atoms with Crippen molar-refractivity contribution in [2.75, 3.05) is 11.1 Å². The van der Waals surface area contributed by atoms with E-state index in [0.717, 1.165) is 16.7 Å². The lowest BCUT2D eigenvalue weighted by Crippen LogP contribution is -2.05. The number of ether oxygens (including phenoxy) is 2. The molecule has 0 heterocycles. The van der Waals surface area contributed by atoms with Crippen LogP contribution in [-0.2, 0) is 46.7 Å². The van der Waals surface area contributed by atoms with Crippen LogP contribution in [0, 0.1) is 5.41 Å². The van der Waals surface area contributed by atoms with Gasteiger partial charge in [-0.3, -0.25) is 14.4 Å². The zero-order valence-corrected chi connectivity index (χ0v) is 21.9. The van der Waals surface area contributed by atoms with Gasteiger partial charge < -0.3 is 25.9 Å². The lowest BCUT2D eigenvalue weighted by Gasteiger charge is -2.04. The molecule has 0 saturated carbocycles. The molecule has 0 spiro atoms. The highest BCUT2D eigenvalue weighted by molar-refractivity contribution is 6.03. The van der Waals surface area contributed by atoms with E-state index < -0.39 is 11.9 Å². The van der Waals surface area contributed by atoms with Gasteiger partial charge in [-0.1, -0.05) is 57.8 Å². The molecule has 216 valence electrons. The van der Waals surface area contributed by atoms with Gasteiger partial charge in [-0.25, -0.2) is 0 Å². The highest BCUT2D eigenvalue weighted by Gasteiger charge is 1.98. The molecule has 4 N–H and O–H groups in total. The monoisotopic (exact) mass is 556 g/mol. The molecule has 0 radical (unpaired) electrons. The molecule has 0 aromatic heterocycles. The maximum Gasteiger partial charge on any atom is 0.373 e. The highest BCUT2D eigenvalue weighted by Crippen LogP contribution is 2.10. The second-order valence-corrected chi connectivity index (χ2v) is 7.22. The Kier molecular flexibility index (Phi) is 19.0. The van der Waals surface area contributed by atoms with E-state index in [1.165, 1.54) is 14.3 Å². The number of hydrogen-bond donors (Lipinski definition) is 3. The first-order valence-corrected chi connectivity index (χ1v) is 10.8. The predicted octanol–water partition coefficient (Wildman–Crippen LogP) is 5.42. The molecule has 0 atom stereocenters. The van der Waals surface area contributed by atoms with Gasteiger partial charge in [0.15, 0.2) is 0 Å². The zero-order valence-electron chi connectivity index (χ0n) is 24.9. The summed E-state index contributed by atoms with van der Waals surface area (Å²) in [5, 5.41) is 9.70. The number of nitrogens with two attached hydrogens (primary N) is 1. The third-order valence-corrected chi connectivity index (χ3v) is 4.01. The minimum absolute atomic E-state index is 0. The summed E-state index contributed by atoms with van der Waals surface area (Å²) in [5.74, 6) is -1.20. The zero-order chi connectivity index (χ0) is 32.3. The Hall–Kier alpha value is -5.08. The third-order valence-electron chi connectivity index (χ3n) is 4.01. The van der Waals surface area contributed by atoms with E-state index in [-0.39, 0.29) is 46.5 Å². The van der Waals surface area contributed by atoms with Crippen molar-refractivity contribution in [1.82, 2.24) is 0 Å². The molecule has 3 rings (SSSR count). The SMILES string of the molecule is C.C=C1C=CC(=N)C=C1.O=C=O.[2H]C.[2H]CC(=O)OCc1ccc(N)cc1.[2H]CC(=O)OCc1ccc(NC(C)=O)cc1. The molecule has 1 amide bonds. The molecule has 1 aliphatic carbocycles. The average molecular weight is 557 g/mol. The average Bonchev–Trinajstić information content (AvgIpc) is 2.99. The normalized spacial score (nSPS) is 10.9. The minimum atomic E-state index is -0.550. The van der Waals surface area contributed by atoms with E-state index >= 15 is 0 Å². The second kappa shape index (κ2) is 23.1. The number of nitrogens with one attached hydrogen (secondary N) is 2. The summed E-state index contributed by atoms with van der Waals surface area (Å²) < 4.78 is 28.8. The maximum absolute atomic E-state index is 10.8. The fraction of sp³-hybridized carbons (Fsp3) is 0.233. The Morgan fingerprint density at radius 2 is 1.30 bits per heavy atom. The summed E-state index contributed by atoms with van der Waals surface area (Å²) in [6, 6.07) is 14.0. The maximum atomic E-state index is 10.8. The number of benzene rings is 2. The fourth-order valence-corrected chi connectivity index (χ4v) is 2.33. The van der Waals surface area contributed by atoms with Crippen LogP contribution in [0.5, 0.6) is 0 Å². The summed E-state index contributed by atoms with van der Waals surface area (Å²) in [5.41, 5.74) is 10.0. The van der Waals surface area contributed by atoms with E-state index in [4.69, 9.17) is 34.3 Å². The van der Waals surface area contributed by atoms with Crippen LogP contribution in [0.3, 0.4) is 0 Å². The number of anilines is 2. The van der Waals surface area contributed by atoms with Gasteiger partial charge in [0.25, 0.3) is 0 Å². The van der Waals surface area contributed by atoms with Gasteiger partial charge >= 0.3 is 18.1 Å². The van der Waals surface area contributed by atoms with Crippen molar-refractivity contribution < 1.29 is 37.6 Å². The van der Waals surface area contributed by atoms with Crippen LogP contribution < -0.4 is 11.1 Å². The van der Waals surface area contributed by atoms with Crippen LogP contribution in [0.1, 0.15) is 50.8 Å².